The molecule has 2 atom stereocenters. The lowest BCUT2D eigenvalue weighted by molar-refractivity contribution is -0.137. The molecule has 1 fully saturated rings. The highest BCUT2D eigenvalue weighted by Crippen LogP contribution is 2.45. The van der Waals surface area contributed by atoms with E-state index in [1.165, 1.54) is 7.05 Å². The SMILES string of the molecule is C=CC(=O)OCCCCOC(=O)NC1CC(C)(C)CC(C)(CNC(=O)OCCCCOC(=O)NC)C1. The Labute approximate surface area is 214 Å². The largest absolute Gasteiger partial charge is 0.463 e. The maximum atomic E-state index is 12.3. The van der Waals surface area contributed by atoms with Crippen molar-refractivity contribution in [3.8, 4) is 0 Å². The third kappa shape index (κ3) is 13.8. The Morgan fingerprint density at radius 3 is 1.92 bits per heavy atom. The average molecular weight is 514 g/mol. The van der Waals surface area contributed by atoms with Gasteiger partial charge in [-0.3, -0.25) is 0 Å². The van der Waals surface area contributed by atoms with Gasteiger partial charge in [-0.1, -0.05) is 27.4 Å². The second-order valence-corrected chi connectivity index (χ2v) is 10.2. The second kappa shape index (κ2) is 15.9. The lowest BCUT2D eigenvalue weighted by atomic mass is 9.62. The first kappa shape index (κ1) is 31.1. The van der Waals surface area contributed by atoms with Gasteiger partial charge in [-0.15, -0.1) is 0 Å². The molecule has 36 heavy (non-hydrogen) atoms. The van der Waals surface area contributed by atoms with Gasteiger partial charge < -0.3 is 34.9 Å². The molecule has 0 aromatic carbocycles. The Balaban J connectivity index is 2.34. The molecule has 0 saturated heterocycles. The third-order valence-corrected chi connectivity index (χ3v) is 5.82. The second-order valence-electron chi connectivity index (χ2n) is 10.2. The molecule has 3 N–H and O–H groups in total. The maximum absolute atomic E-state index is 12.3. The van der Waals surface area contributed by atoms with E-state index < -0.39 is 24.2 Å². The standard InChI is InChI=1S/C25H43N3O8/c1-6-20(29)33-11-7-8-14-36-23(32)28-19-15-24(2,3)17-25(4,16-19)18-27-22(31)35-13-10-9-12-34-21(30)26-5/h6,19H,1,7-18H2,2-5H3,(H,26,30)(H,27,31)(H,28,32). The fourth-order valence-corrected chi connectivity index (χ4v) is 4.62. The van der Waals surface area contributed by atoms with E-state index in [2.05, 4.69) is 43.3 Å². The summed E-state index contributed by atoms with van der Waals surface area (Å²) in [7, 11) is 1.49. The fraction of sp³-hybridized carbons (Fsp3) is 0.760. The van der Waals surface area contributed by atoms with E-state index in [1.807, 2.05) is 0 Å². The van der Waals surface area contributed by atoms with Crippen LogP contribution in [0.4, 0.5) is 14.4 Å². The van der Waals surface area contributed by atoms with Gasteiger partial charge in [0.2, 0.25) is 0 Å². The van der Waals surface area contributed by atoms with E-state index in [-0.39, 0.29) is 43.3 Å². The number of nitrogens with one attached hydrogen (secondary N) is 3. The molecular weight excluding hydrogens is 470 g/mol. The number of carbonyl (C=O) groups is 4. The number of hydrogen-bond donors (Lipinski definition) is 3. The van der Waals surface area contributed by atoms with Crippen LogP contribution in [0.2, 0.25) is 0 Å². The van der Waals surface area contributed by atoms with Crippen molar-refractivity contribution in [3.05, 3.63) is 12.7 Å². The molecule has 11 nitrogen and oxygen atoms in total. The molecule has 0 aromatic rings. The number of esters is 1. The Bertz CT molecular complexity index is 743. The predicted octanol–water partition coefficient (Wildman–Crippen LogP) is 3.67. The molecule has 3 amide bonds. The van der Waals surface area contributed by atoms with Gasteiger partial charge in [0.05, 0.1) is 26.4 Å². The fourth-order valence-electron chi connectivity index (χ4n) is 4.62. The molecule has 11 heteroatoms. The number of hydrogen-bond acceptors (Lipinski definition) is 8. The lowest BCUT2D eigenvalue weighted by Gasteiger charge is -2.46. The number of carbonyl (C=O) groups excluding carboxylic acids is 4. The lowest BCUT2D eigenvalue weighted by Crippen LogP contribution is -2.50. The minimum atomic E-state index is -0.491. The van der Waals surface area contributed by atoms with Crippen molar-refractivity contribution in [2.75, 3.05) is 40.0 Å². The zero-order valence-corrected chi connectivity index (χ0v) is 22.1. The topological polar surface area (TPSA) is 141 Å². The van der Waals surface area contributed by atoms with Crippen LogP contribution < -0.4 is 16.0 Å². The van der Waals surface area contributed by atoms with E-state index in [0.717, 1.165) is 18.9 Å². The van der Waals surface area contributed by atoms with Crippen LogP contribution in [-0.4, -0.2) is 70.3 Å². The zero-order chi connectivity index (χ0) is 27.0. The first-order valence-electron chi connectivity index (χ1n) is 12.5. The van der Waals surface area contributed by atoms with Crippen molar-refractivity contribution in [1.29, 1.82) is 0 Å². The van der Waals surface area contributed by atoms with Gasteiger partial charge in [0.1, 0.15) is 0 Å². The minimum Gasteiger partial charge on any atom is -0.463 e. The molecule has 1 rings (SSSR count). The molecule has 2 unspecified atom stereocenters. The van der Waals surface area contributed by atoms with Crippen molar-refractivity contribution >= 4 is 24.2 Å². The van der Waals surface area contributed by atoms with Crippen molar-refractivity contribution in [3.63, 3.8) is 0 Å². The molecule has 1 saturated carbocycles. The van der Waals surface area contributed by atoms with Crippen LogP contribution in [0.3, 0.4) is 0 Å². The summed E-state index contributed by atoms with van der Waals surface area (Å²) in [6.45, 7) is 11.1. The molecule has 0 heterocycles. The molecular formula is C25H43N3O8. The summed E-state index contributed by atoms with van der Waals surface area (Å²) in [5, 5.41) is 8.17. The van der Waals surface area contributed by atoms with Crippen LogP contribution in [0.1, 0.15) is 65.7 Å². The molecule has 0 aliphatic heterocycles. The summed E-state index contributed by atoms with van der Waals surface area (Å²) < 4.78 is 20.3. The highest BCUT2D eigenvalue weighted by atomic mass is 16.6. The summed E-state index contributed by atoms with van der Waals surface area (Å²) in [5.74, 6) is -0.469. The molecule has 0 spiro atoms. The van der Waals surface area contributed by atoms with Gasteiger partial charge in [-0.25, -0.2) is 19.2 Å². The van der Waals surface area contributed by atoms with E-state index in [0.29, 0.717) is 38.6 Å². The smallest absolute Gasteiger partial charge is 0.407 e. The van der Waals surface area contributed by atoms with Gasteiger partial charge in [0.25, 0.3) is 0 Å². The summed E-state index contributed by atoms with van der Waals surface area (Å²) in [6, 6.07) is -0.0852. The Morgan fingerprint density at radius 1 is 0.833 bits per heavy atom. The van der Waals surface area contributed by atoms with E-state index in [9.17, 15) is 19.2 Å². The molecule has 0 aromatic heterocycles. The summed E-state index contributed by atoms with van der Waals surface area (Å²) in [6.07, 6.45) is 4.39. The number of amides is 3. The van der Waals surface area contributed by atoms with Crippen LogP contribution in [0.5, 0.6) is 0 Å². The van der Waals surface area contributed by atoms with Gasteiger partial charge >= 0.3 is 24.2 Å². The molecule has 206 valence electrons. The van der Waals surface area contributed by atoms with Crippen LogP contribution in [0.25, 0.3) is 0 Å². The first-order chi connectivity index (χ1) is 17.0. The van der Waals surface area contributed by atoms with E-state index in [4.69, 9.17) is 18.9 Å². The van der Waals surface area contributed by atoms with Gasteiger partial charge in [-0.05, 0) is 55.8 Å². The summed E-state index contributed by atoms with van der Waals surface area (Å²) >= 11 is 0. The van der Waals surface area contributed by atoms with Crippen molar-refractivity contribution < 1.29 is 38.1 Å². The number of ether oxygens (including phenoxy) is 4. The van der Waals surface area contributed by atoms with Crippen LogP contribution >= 0.6 is 0 Å². The van der Waals surface area contributed by atoms with E-state index >= 15 is 0 Å². The highest BCUT2D eigenvalue weighted by Gasteiger charge is 2.42. The van der Waals surface area contributed by atoms with Crippen molar-refractivity contribution in [1.82, 2.24) is 16.0 Å². The van der Waals surface area contributed by atoms with Crippen molar-refractivity contribution in [2.45, 2.75) is 71.8 Å². The Morgan fingerprint density at radius 2 is 1.36 bits per heavy atom. The molecule has 1 aliphatic carbocycles. The maximum Gasteiger partial charge on any atom is 0.407 e. The number of alkyl carbamates (subject to hydrolysis) is 3. The predicted molar refractivity (Wildman–Crippen MR) is 133 cm³/mol. The third-order valence-electron chi connectivity index (χ3n) is 5.82. The Kier molecular flexibility index (Phi) is 13.7. The monoisotopic (exact) mass is 513 g/mol. The van der Waals surface area contributed by atoms with Crippen LogP contribution in [0.15, 0.2) is 12.7 Å². The van der Waals surface area contributed by atoms with Gasteiger partial charge in [0, 0.05) is 25.7 Å². The summed E-state index contributed by atoms with van der Waals surface area (Å²) in [5.41, 5.74) is -0.258. The molecule has 0 bridgehead atoms. The minimum absolute atomic E-state index is 0.0314. The first-order valence-corrected chi connectivity index (χ1v) is 12.5. The number of unbranched alkanes of at least 4 members (excludes halogenated alkanes) is 2. The molecule has 0 radical (unpaired) electrons. The quantitative estimate of drug-likeness (QED) is 0.138. The summed E-state index contributed by atoms with van der Waals surface area (Å²) in [4.78, 5) is 46.4. The zero-order valence-electron chi connectivity index (χ0n) is 22.1. The van der Waals surface area contributed by atoms with Gasteiger partial charge in [-0.2, -0.15) is 0 Å². The highest BCUT2D eigenvalue weighted by molar-refractivity contribution is 5.81. The normalized spacial score (nSPS) is 20.4. The molecule has 1 aliphatic rings. The van der Waals surface area contributed by atoms with Crippen LogP contribution in [0, 0.1) is 10.8 Å². The van der Waals surface area contributed by atoms with E-state index in [1.54, 1.807) is 0 Å². The van der Waals surface area contributed by atoms with Crippen molar-refractivity contribution in [2.24, 2.45) is 10.8 Å². The average Bonchev–Trinajstić information content (AvgIpc) is 2.80. The number of rotatable bonds is 14. The van der Waals surface area contributed by atoms with Gasteiger partial charge in [0.15, 0.2) is 0 Å². The van der Waals surface area contributed by atoms with Crippen LogP contribution in [-0.2, 0) is 23.7 Å². The Hall–Kier alpha value is -2.98.